The summed E-state index contributed by atoms with van der Waals surface area (Å²) in [6.45, 7) is 0. The average molecular weight is 263 g/mol. The van der Waals surface area contributed by atoms with Gasteiger partial charge in [-0.3, -0.25) is 4.79 Å². The summed E-state index contributed by atoms with van der Waals surface area (Å²) >= 11 is 1.74. The molecule has 0 saturated heterocycles. The topological polar surface area (TPSA) is 29.1 Å². The molecule has 1 heterocycles. The van der Waals surface area contributed by atoms with E-state index in [0.29, 0.717) is 11.9 Å². The molecule has 18 heavy (non-hydrogen) atoms. The smallest absolute Gasteiger partial charge is 0.231 e. The van der Waals surface area contributed by atoms with E-state index in [0.717, 1.165) is 12.8 Å². The minimum Gasteiger partial charge on any atom is -0.353 e. The van der Waals surface area contributed by atoms with Crippen molar-refractivity contribution in [3.05, 3.63) is 22.4 Å². The van der Waals surface area contributed by atoms with Gasteiger partial charge in [0.25, 0.3) is 0 Å². The van der Waals surface area contributed by atoms with Crippen LogP contribution in [0, 0.1) is 0 Å². The Morgan fingerprint density at radius 2 is 1.94 bits per heavy atom. The summed E-state index contributed by atoms with van der Waals surface area (Å²) in [5.74, 6) is 0.300. The first-order valence-electron chi connectivity index (χ1n) is 7.16. The van der Waals surface area contributed by atoms with Gasteiger partial charge in [-0.1, -0.05) is 31.7 Å². The largest absolute Gasteiger partial charge is 0.353 e. The molecular formula is C15H21NOS. The van der Waals surface area contributed by atoms with Gasteiger partial charge in [0.15, 0.2) is 0 Å². The fourth-order valence-electron chi connectivity index (χ4n) is 3.51. The third-order valence-corrected chi connectivity index (χ3v) is 5.65. The van der Waals surface area contributed by atoms with Crippen molar-refractivity contribution >= 4 is 17.2 Å². The highest BCUT2D eigenvalue weighted by molar-refractivity contribution is 7.10. The SMILES string of the molecule is O=C(NC1CCCC1)C1(c2cccs2)CCCC1. The number of hydrogen-bond acceptors (Lipinski definition) is 2. The van der Waals surface area contributed by atoms with Gasteiger partial charge in [0.05, 0.1) is 5.41 Å². The molecule has 1 amide bonds. The van der Waals surface area contributed by atoms with Crippen LogP contribution in [0.3, 0.4) is 0 Å². The van der Waals surface area contributed by atoms with Crippen LogP contribution < -0.4 is 5.32 Å². The van der Waals surface area contributed by atoms with E-state index in [9.17, 15) is 4.79 Å². The molecule has 0 aromatic carbocycles. The molecule has 3 heteroatoms. The van der Waals surface area contributed by atoms with Gasteiger partial charge in [0.1, 0.15) is 0 Å². The normalized spacial score (nSPS) is 23.3. The van der Waals surface area contributed by atoms with Crippen LogP contribution in [-0.4, -0.2) is 11.9 Å². The summed E-state index contributed by atoms with van der Waals surface area (Å²) in [7, 11) is 0. The highest BCUT2D eigenvalue weighted by Gasteiger charge is 2.44. The number of hydrogen-bond donors (Lipinski definition) is 1. The zero-order valence-corrected chi connectivity index (χ0v) is 11.6. The van der Waals surface area contributed by atoms with Crippen molar-refractivity contribution in [2.75, 3.05) is 0 Å². The maximum atomic E-state index is 12.7. The molecule has 0 aliphatic heterocycles. The molecule has 2 fully saturated rings. The van der Waals surface area contributed by atoms with Crippen molar-refractivity contribution in [3.63, 3.8) is 0 Å². The van der Waals surface area contributed by atoms with Gasteiger partial charge in [-0.2, -0.15) is 0 Å². The molecule has 1 aromatic heterocycles. The van der Waals surface area contributed by atoms with E-state index in [1.165, 1.54) is 43.4 Å². The van der Waals surface area contributed by atoms with Crippen molar-refractivity contribution in [3.8, 4) is 0 Å². The monoisotopic (exact) mass is 263 g/mol. The van der Waals surface area contributed by atoms with Crippen LogP contribution in [0.1, 0.15) is 56.2 Å². The highest BCUT2D eigenvalue weighted by atomic mass is 32.1. The lowest BCUT2D eigenvalue weighted by molar-refractivity contribution is -0.127. The molecule has 1 aromatic rings. The van der Waals surface area contributed by atoms with E-state index in [1.807, 2.05) is 0 Å². The Hall–Kier alpha value is -0.830. The predicted molar refractivity (Wildman–Crippen MR) is 74.9 cm³/mol. The number of thiophene rings is 1. The minimum atomic E-state index is -0.198. The summed E-state index contributed by atoms with van der Waals surface area (Å²) in [4.78, 5) is 14.0. The van der Waals surface area contributed by atoms with E-state index in [1.54, 1.807) is 11.3 Å². The first kappa shape index (κ1) is 12.2. The van der Waals surface area contributed by atoms with Crippen LogP contribution >= 0.6 is 11.3 Å². The van der Waals surface area contributed by atoms with E-state index in [2.05, 4.69) is 22.8 Å². The van der Waals surface area contributed by atoms with Crippen molar-refractivity contribution in [1.82, 2.24) is 5.32 Å². The standard InChI is InChI=1S/C15H21NOS/c17-14(16-12-6-1-2-7-12)15(9-3-4-10-15)13-8-5-11-18-13/h5,8,11-12H,1-4,6-7,9-10H2,(H,16,17). The van der Waals surface area contributed by atoms with Crippen molar-refractivity contribution in [2.45, 2.75) is 62.8 Å². The second-order valence-corrected chi connectivity index (χ2v) is 6.67. The Bertz CT molecular complexity index is 400. The van der Waals surface area contributed by atoms with Crippen molar-refractivity contribution in [2.24, 2.45) is 0 Å². The van der Waals surface area contributed by atoms with Crippen LogP contribution in [0.2, 0.25) is 0 Å². The Kier molecular flexibility index (Phi) is 3.42. The fourth-order valence-corrected chi connectivity index (χ4v) is 4.49. The van der Waals surface area contributed by atoms with E-state index >= 15 is 0 Å². The first-order valence-corrected chi connectivity index (χ1v) is 8.04. The summed E-state index contributed by atoms with van der Waals surface area (Å²) in [5, 5.41) is 5.41. The zero-order valence-electron chi connectivity index (χ0n) is 10.8. The second-order valence-electron chi connectivity index (χ2n) is 5.72. The van der Waals surface area contributed by atoms with Crippen LogP contribution in [0.4, 0.5) is 0 Å². The third kappa shape index (κ3) is 2.09. The molecule has 3 rings (SSSR count). The lowest BCUT2D eigenvalue weighted by Crippen LogP contribution is -2.45. The Labute approximate surface area is 113 Å². The minimum absolute atomic E-state index is 0.198. The molecule has 2 saturated carbocycles. The van der Waals surface area contributed by atoms with Crippen molar-refractivity contribution in [1.29, 1.82) is 0 Å². The van der Waals surface area contributed by atoms with Gasteiger partial charge in [0.2, 0.25) is 5.91 Å². The van der Waals surface area contributed by atoms with Gasteiger partial charge in [-0.15, -0.1) is 11.3 Å². The summed E-state index contributed by atoms with van der Waals surface area (Å²) in [5.41, 5.74) is -0.198. The number of nitrogens with one attached hydrogen (secondary N) is 1. The van der Waals surface area contributed by atoms with Crippen molar-refractivity contribution < 1.29 is 4.79 Å². The summed E-state index contributed by atoms with van der Waals surface area (Å²) < 4.78 is 0. The van der Waals surface area contributed by atoms with Crippen LogP contribution in [-0.2, 0) is 10.2 Å². The van der Waals surface area contributed by atoms with Gasteiger partial charge in [0, 0.05) is 10.9 Å². The van der Waals surface area contributed by atoms with E-state index in [-0.39, 0.29) is 5.41 Å². The predicted octanol–water partition coefficient (Wildman–Crippen LogP) is 3.62. The van der Waals surface area contributed by atoms with Crippen LogP contribution in [0.5, 0.6) is 0 Å². The number of rotatable bonds is 3. The molecule has 2 aliphatic carbocycles. The zero-order chi connectivity index (χ0) is 12.4. The van der Waals surface area contributed by atoms with Gasteiger partial charge < -0.3 is 5.32 Å². The Balaban J connectivity index is 1.79. The molecule has 0 atom stereocenters. The molecular weight excluding hydrogens is 242 g/mol. The molecule has 1 N–H and O–H groups in total. The molecule has 2 aliphatic rings. The number of carbonyl (C=O) groups is 1. The molecule has 98 valence electrons. The Morgan fingerprint density at radius 3 is 2.56 bits per heavy atom. The maximum Gasteiger partial charge on any atom is 0.231 e. The maximum absolute atomic E-state index is 12.7. The average Bonchev–Trinajstić information content (AvgIpc) is 3.12. The highest BCUT2D eigenvalue weighted by Crippen LogP contribution is 2.43. The number of carbonyl (C=O) groups excluding carboxylic acids is 1. The number of amides is 1. The summed E-state index contributed by atoms with van der Waals surface area (Å²) in [6, 6.07) is 4.66. The van der Waals surface area contributed by atoms with Crippen LogP contribution in [0.25, 0.3) is 0 Å². The van der Waals surface area contributed by atoms with Gasteiger partial charge >= 0.3 is 0 Å². The molecule has 0 spiro atoms. The summed E-state index contributed by atoms with van der Waals surface area (Å²) in [6.07, 6.45) is 9.34. The quantitative estimate of drug-likeness (QED) is 0.886. The molecule has 0 unspecified atom stereocenters. The lowest BCUT2D eigenvalue weighted by atomic mass is 9.83. The Morgan fingerprint density at radius 1 is 1.22 bits per heavy atom. The first-order chi connectivity index (χ1) is 8.81. The lowest BCUT2D eigenvalue weighted by Gasteiger charge is -2.28. The third-order valence-electron chi connectivity index (χ3n) is 4.57. The van der Waals surface area contributed by atoms with E-state index in [4.69, 9.17) is 0 Å². The fraction of sp³-hybridized carbons (Fsp3) is 0.667. The van der Waals surface area contributed by atoms with Gasteiger partial charge in [-0.25, -0.2) is 0 Å². The van der Waals surface area contributed by atoms with E-state index < -0.39 is 0 Å². The van der Waals surface area contributed by atoms with Gasteiger partial charge in [-0.05, 0) is 37.1 Å². The molecule has 0 radical (unpaired) electrons. The molecule has 0 bridgehead atoms. The molecule has 2 nitrogen and oxygen atoms in total. The second kappa shape index (κ2) is 5.04. The van der Waals surface area contributed by atoms with Crippen LogP contribution in [0.15, 0.2) is 17.5 Å².